The van der Waals surface area contributed by atoms with E-state index in [2.05, 4.69) is 15.1 Å². The minimum atomic E-state index is 0.183. The fourth-order valence-electron chi connectivity index (χ4n) is 3.34. The molecular formula is C19H27N5O2. The molecule has 0 N–H and O–H groups in total. The van der Waals surface area contributed by atoms with Crippen molar-refractivity contribution in [3.63, 3.8) is 0 Å². The number of carbonyl (C=O) groups excluding carboxylic acids is 1. The minimum Gasteiger partial charge on any atom is -0.379 e. The van der Waals surface area contributed by atoms with Gasteiger partial charge in [0.1, 0.15) is 6.33 Å². The summed E-state index contributed by atoms with van der Waals surface area (Å²) in [7, 11) is 1.92. The van der Waals surface area contributed by atoms with E-state index in [1.54, 1.807) is 6.33 Å². The predicted molar refractivity (Wildman–Crippen MR) is 97.6 cm³/mol. The first-order chi connectivity index (χ1) is 12.5. The number of hydrogen-bond acceptors (Lipinski definition) is 5. The molecule has 1 fully saturated rings. The summed E-state index contributed by atoms with van der Waals surface area (Å²) < 4.78 is 7.57. The Morgan fingerprint density at radius 3 is 2.92 bits per heavy atom. The lowest BCUT2D eigenvalue weighted by molar-refractivity contribution is -0.131. The van der Waals surface area contributed by atoms with Crippen molar-refractivity contribution in [3.05, 3.63) is 41.2 Å². The van der Waals surface area contributed by atoms with Crippen LogP contribution in [0, 0.1) is 19.8 Å². The van der Waals surface area contributed by atoms with E-state index in [4.69, 9.17) is 4.74 Å². The van der Waals surface area contributed by atoms with E-state index in [0.717, 1.165) is 35.5 Å². The van der Waals surface area contributed by atoms with Gasteiger partial charge in [0.25, 0.3) is 0 Å². The van der Waals surface area contributed by atoms with Gasteiger partial charge in [-0.25, -0.2) is 9.97 Å². The third-order valence-electron chi connectivity index (χ3n) is 4.99. The Kier molecular flexibility index (Phi) is 5.98. The lowest BCUT2D eigenvalue weighted by Gasteiger charge is -2.23. The van der Waals surface area contributed by atoms with E-state index in [0.29, 0.717) is 32.7 Å². The number of amides is 1. The molecule has 1 aliphatic rings. The number of ether oxygens (including phenoxy) is 1. The molecule has 3 rings (SSSR count). The SMILES string of the molecule is Cc1cc(CC2COCCN(C(=O)CCc3cnn(C)c3C)C2)ncn1. The van der Waals surface area contributed by atoms with E-state index in [1.165, 1.54) is 0 Å². The second-order valence-electron chi connectivity index (χ2n) is 7.01. The van der Waals surface area contributed by atoms with E-state index in [-0.39, 0.29) is 11.8 Å². The molecule has 7 heteroatoms. The van der Waals surface area contributed by atoms with Crippen molar-refractivity contribution in [2.75, 3.05) is 26.3 Å². The van der Waals surface area contributed by atoms with Gasteiger partial charge in [-0.3, -0.25) is 9.48 Å². The molecule has 0 spiro atoms. The zero-order valence-electron chi connectivity index (χ0n) is 15.8. The van der Waals surface area contributed by atoms with Gasteiger partial charge in [-0.15, -0.1) is 0 Å². The molecule has 2 aromatic heterocycles. The van der Waals surface area contributed by atoms with Gasteiger partial charge < -0.3 is 9.64 Å². The molecular weight excluding hydrogens is 330 g/mol. The van der Waals surface area contributed by atoms with Gasteiger partial charge >= 0.3 is 0 Å². The van der Waals surface area contributed by atoms with Gasteiger partial charge in [-0.1, -0.05) is 0 Å². The molecule has 140 valence electrons. The van der Waals surface area contributed by atoms with E-state index >= 15 is 0 Å². The zero-order chi connectivity index (χ0) is 18.5. The Hall–Kier alpha value is -2.28. The first-order valence-electron chi connectivity index (χ1n) is 9.13. The average molecular weight is 357 g/mol. The van der Waals surface area contributed by atoms with Crippen molar-refractivity contribution in [2.24, 2.45) is 13.0 Å². The number of carbonyl (C=O) groups is 1. The van der Waals surface area contributed by atoms with Crippen LogP contribution < -0.4 is 0 Å². The summed E-state index contributed by atoms with van der Waals surface area (Å²) in [4.78, 5) is 23.1. The molecule has 3 heterocycles. The van der Waals surface area contributed by atoms with Gasteiger partial charge in [0.15, 0.2) is 0 Å². The number of hydrogen-bond donors (Lipinski definition) is 0. The molecule has 1 aliphatic heterocycles. The van der Waals surface area contributed by atoms with Gasteiger partial charge in [-0.2, -0.15) is 5.10 Å². The first kappa shape index (κ1) is 18.5. The molecule has 0 saturated carbocycles. The quantitative estimate of drug-likeness (QED) is 0.810. The van der Waals surface area contributed by atoms with Crippen LogP contribution >= 0.6 is 0 Å². The Balaban J connectivity index is 1.57. The average Bonchev–Trinajstić information content (AvgIpc) is 2.81. The molecule has 2 aromatic rings. The fourth-order valence-corrected chi connectivity index (χ4v) is 3.34. The highest BCUT2D eigenvalue weighted by molar-refractivity contribution is 5.76. The van der Waals surface area contributed by atoms with E-state index in [1.807, 2.05) is 42.7 Å². The molecule has 0 radical (unpaired) electrons. The zero-order valence-corrected chi connectivity index (χ0v) is 15.8. The third kappa shape index (κ3) is 4.66. The summed E-state index contributed by atoms with van der Waals surface area (Å²) in [6, 6.07) is 2.00. The van der Waals surface area contributed by atoms with Crippen LogP contribution in [0.2, 0.25) is 0 Å². The maximum atomic E-state index is 12.7. The fraction of sp³-hybridized carbons (Fsp3) is 0.579. The van der Waals surface area contributed by atoms with Crippen LogP contribution in [0.1, 0.15) is 29.1 Å². The predicted octanol–water partition coefficient (Wildman–Crippen LogP) is 1.48. The molecule has 0 aliphatic carbocycles. The van der Waals surface area contributed by atoms with Crippen LogP contribution in [0.3, 0.4) is 0 Å². The molecule has 1 amide bonds. The van der Waals surface area contributed by atoms with Gasteiger partial charge in [0.2, 0.25) is 5.91 Å². The highest BCUT2D eigenvalue weighted by Gasteiger charge is 2.23. The minimum absolute atomic E-state index is 0.183. The van der Waals surface area contributed by atoms with Crippen molar-refractivity contribution >= 4 is 5.91 Å². The molecule has 1 saturated heterocycles. The van der Waals surface area contributed by atoms with Crippen LogP contribution in [-0.2, 0) is 29.4 Å². The van der Waals surface area contributed by atoms with Crippen LogP contribution in [-0.4, -0.2) is 56.9 Å². The standard InChI is InChI=1S/C19H27N5O2/c1-14-8-18(21-13-20-14)9-16-11-24(6-7-26-12-16)19(25)5-4-17-10-22-23(3)15(17)2/h8,10,13,16H,4-7,9,11-12H2,1-3H3. The summed E-state index contributed by atoms with van der Waals surface area (Å²) in [6.07, 6.45) is 5.49. The van der Waals surface area contributed by atoms with Crippen molar-refractivity contribution in [1.29, 1.82) is 0 Å². The molecule has 26 heavy (non-hydrogen) atoms. The Morgan fingerprint density at radius 1 is 1.35 bits per heavy atom. The molecule has 7 nitrogen and oxygen atoms in total. The van der Waals surface area contributed by atoms with Crippen molar-refractivity contribution in [1.82, 2.24) is 24.6 Å². The highest BCUT2D eigenvalue weighted by Crippen LogP contribution is 2.15. The van der Waals surface area contributed by atoms with Crippen LogP contribution in [0.5, 0.6) is 0 Å². The van der Waals surface area contributed by atoms with Crippen molar-refractivity contribution in [3.8, 4) is 0 Å². The Labute approximate surface area is 154 Å². The summed E-state index contributed by atoms with van der Waals surface area (Å²) in [6.45, 7) is 6.63. The smallest absolute Gasteiger partial charge is 0.222 e. The number of nitrogens with zero attached hydrogens (tertiary/aromatic N) is 5. The second kappa shape index (κ2) is 8.40. The van der Waals surface area contributed by atoms with E-state index in [9.17, 15) is 4.79 Å². The summed E-state index contributed by atoms with van der Waals surface area (Å²) >= 11 is 0. The summed E-state index contributed by atoms with van der Waals surface area (Å²) in [5.41, 5.74) is 4.23. The number of aromatic nitrogens is 4. The van der Waals surface area contributed by atoms with Crippen molar-refractivity contribution in [2.45, 2.75) is 33.1 Å². The van der Waals surface area contributed by atoms with Gasteiger partial charge in [-0.05, 0) is 38.3 Å². The molecule has 0 aromatic carbocycles. The van der Waals surface area contributed by atoms with Crippen LogP contribution in [0.15, 0.2) is 18.6 Å². The van der Waals surface area contributed by atoms with E-state index < -0.39 is 0 Å². The van der Waals surface area contributed by atoms with Gasteiger partial charge in [0.05, 0.1) is 19.4 Å². The molecule has 1 atom stereocenters. The normalized spacial score (nSPS) is 18.0. The number of rotatable bonds is 5. The monoisotopic (exact) mass is 357 g/mol. The summed E-state index contributed by atoms with van der Waals surface area (Å²) in [5, 5.41) is 4.25. The first-order valence-corrected chi connectivity index (χ1v) is 9.13. The maximum absolute atomic E-state index is 12.7. The van der Waals surface area contributed by atoms with Gasteiger partial charge in [0, 0.05) is 49.6 Å². The molecule has 0 bridgehead atoms. The molecule has 1 unspecified atom stereocenters. The maximum Gasteiger partial charge on any atom is 0.222 e. The largest absolute Gasteiger partial charge is 0.379 e. The Morgan fingerprint density at radius 2 is 2.19 bits per heavy atom. The van der Waals surface area contributed by atoms with Crippen LogP contribution in [0.25, 0.3) is 0 Å². The lowest BCUT2D eigenvalue weighted by atomic mass is 10.0. The third-order valence-corrected chi connectivity index (χ3v) is 4.99. The number of aryl methyl sites for hydroxylation is 3. The van der Waals surface area contributed by atoms with Crippen molar-refractivity contribution < 1.29 is 9.53 Å². The summed E-state index contributed by atoms with van der Waals surface area (Å²) in [5.74, 6) is 0.443. The Bertz CT molecular complexity index is 758. The van der Waals surface area contributed by atoms with Crippen LogP contribution in [0.4, 0.5) is 0 Å². The topological polar surface area (TPSA) is 73.1 Å². The lowest BCUT2D eigenvalue weighted by Crippen LogP contribution is -2.36. The second-order valence-corrected chi connectivity index (χ2v) is 7.01. The highest BCUT2D eigenvalue weighted by atomic mass is 16.5.